The fourth-order valence-corrected chi connectivity index (χ4v) is 2.83. The summed E-state index contributed by atoms with van der Waals surface area (Å²) in [4.78, 5) is 2.50. The van der Waals surface area contributed by atoms with Crippen LogP contribution in [0.4, 0.5) is 0 Å². The molecule has 0 N–H and O–H groups in total. The highest BCUT2D eigenvalue weighted by molar-refractivity contribution is 5.56. The number of aryl methyl sites for hydroxylation is 1. The summed E-state index contributed by atoms with van der Waals surface area (Å²) in [6.45, 7) is 5.39. The molecule has 2 aromatic rings. The third-order valence-electron chi connectivity index (χ3n) is 4.24. The first-order valence-electron chi connectivity index (χ1n) is 8.00. The van der Waals surface area contributed by atoms with Gasteiger partial charge in [0.15, 0.2) is 0 Å². The van der Waals surface area contributed by atoms with Crippen LogP contribution < -0.4 is 0 Å². The summed E-state index contributed by atoms with van der Waals surface area (Å²) in [7, 11) is 0. The van der Waals surface area contributed by atoms with Gasteiger partial charge < -0.3 is 0 Å². The van der Waals surface area contributed by atoms with Gasteiger partial charge in [-0.15, -0.1) is 0 Å². The average Bonchev–Trinajstić information content (AvgIpc) is 2.56. The predicted octanol–water partition coefficient (Wildman–Crippen LogP) is 4.84. The Balaban J connectivity index is 1.58. The summed E-state index contributed by atoms with van der Waals surface area (Å²) in [5.41, 5.74) is 5.50. The highest BCUT2D eigenvalue weighted by Crippen LogP contribution is 2.17. The van der Waals surface area contributed by atoms with Crippen molar-refractivity contribution in [2.24, 2.45) is 0 Å². The zero-order chi connectivity index (χ0) is 15.2. The molecule has 2 aromatic carbocycles. The molecule has 1 aliphatic rings. The highest BCUT2D eigenvalue weighted by Gasteiger charge is 2.10. The Labute approximate surface area is 133 Å². The van der Waals surface area contributed by atoms with Gasteiger partial charge in [0.05, 0.1) is 0 Å². The van der Waals surface area contributed by atoms with E-state index in [9.17, 15) is 0 Å². The number of hydrogen-bond donors (Lipinski definition) is 0. The van der Waals surface area contributed by atoms with Gasteiger partial charge in [0, 0.05) is 19.6 Å². The van der Waals surface area contributed by atoms with E-state index in [4.69, 9.17) is 0 Å². The predicted molar refractivity (Wildman–Crippen MR) is 94.6 cm³/mol. The van der Waals surface area contributed by atoms with Crippen molar-refractivity contribution in [2.45, 2.75) is 19.9 Å². The lowest BCUT2D eigenvalue weighted by molar-refractivity contribution is 0.287. The fraction of sp³-hybridized carbons (Fsp3) is 0.238. The number of nitrogens with zero attached hydrogens (tertiary/aromatic N) is 1. The topological polar surface area (TPSA) is 3.24 Å². The standard InChI is InChI=1S/C21H23N/c1-18-7-5-6-10-21(18)12-11-19-13-15-22(16-14-19)17-20-8-3-2-4-9-20/h2-13H,14-17H2,1H3. The molecular weight excluding hydrogens is 266 g/mol. The Morgan fingerprint density at radius 3 is 2.45 bits per heavy atom. The van der Waals surface area contributed by atoms with Crippen molar-refractivity contribution in [3.8, 4) is 0 Å². The van der Waals surface area contributed by atoms with Crippen molar-refractivity contribution in [1.29, 1.82) is 0 Å². The van der Waals surface area contributed by atoms with Crippen LogP contribution in [0.1, 0.15) is 23.1 Å². The van der Waals surface area contributed by atoms with Crippen LogP contribution >= 0.6 is 0 Å². The molecule has 112 valence electrons. The molecule has 3 rings (SSSR count). The Morgan fingerprint density at radius 2 is 1.73 bits per heavy atom. The molecule has 0 aromatic heterocycles. The van der Waals surface area contributed by atoms with Gasteiger partial charge >= 0.3 is 0 Å². The first-order chi connectivity index (χ1) is 10.8. The van der Waals surface area contributed by atoms with E-state index in [0.717, 1.165) is 26.1 Å². The largest absolute Gasteiger partial charge is 0.295 e. The van der Waals surface area contributed by atoms with Gasteiger partial charge in [-0.3, -0.25) is 4.90 Å². The van der Waals surface area contributed by atoms with Gasteiger partial charge in [0.25, 0.3) is 0 Å². The first kappa shape index (κ1) is 14.8. The van der Waals surface area contributed by atoms with E-state index in [-0.39, 0.29) is 0 Å². The Kier molecular flexibility index (Phi) is 4.87. The second-order valence-electron chi connectivity index (χ2n) is 5.94. The van der Waals surface area contributed by atoms with Crippen LogP contribution in [0.15, 0.2) is 72.3 Å². The maximum absolute atomic E-state index is 2.50. The molecule has 0 fully saturated rings. The number of hydrogen-bond acceptors (Lipinski definition) is 1. The van der Waals surface area contributed by atoms with E-state index in [0.29, 0.717) is 0 Å². The quantitative estimate of drug-likeness (QED) is 0.778. The van der Waals surface area contributed by atoms with E-state index >= 15 is 0 Å². The van der Waals surface area contributed by atoms with Gasteiger partial charge in [-0.25, -0.2) is 0 Å². The number of benzene rings is 2. The van der Waals surface area contributed by atoms with Crippen molar-refractivity contribution in [3.63, 3.8) is 0 Å². The molecule has 0 aliphatic carbocycles. The van der Waals surface area contributed by atoms with E-state index in [1.54, 1.807) is 0 Å². The van der Waals surface area contributed by atoms with Crippen molar-refractivity contribution in [3.05, 3.63) is 89.0 Å². The normalized spacial score (nSPS) is 16.0. The molecule has 0 saturated carbocycles. The van der Waals surface area contributed by atoms with E-state index in [1.807, 2.05) is 0 Å². The summed E-state index contributed by atoms with van der Waals surface area (Å²) < 4.78 is 0. The molecule has 0 saturated heterocycles. The molecule has 1 nitrogen and oxygen atoms in total. The third-order valence-corrected chi connectivity index (χ3v) is 4.24. The smallest absolute Gasteiger partial charge is 0.0237 e. The zero-order valence-corrected chi connectivity index (χ0v) is 13.2. The third kappa shape index (κ3) is 3.96. The fourth-order valence-electron chi connectivity index (χ4n) is 2.83. The molecule has 1 aliphatic heterocycles. The van der Waals surface area contributed by atoms with Crippen LogP contribution in [0.2, 0.25) is 0 Å². The van der Waals surface area contributed by atoms with Crippen LogP contribution in [-0.2, 0) is 6.54 Å². The highest BCUT2D eigenvalue weighted by atomic mass is 15.1. The molecule has 0 atom stereocenters. The molecule has 0 unspecified atom stereocenters. The lowest BCUT2D eigenvalue weighted by Crippen LogP contribution is -2.27. The minimum atomic E-state index is 1.04. The average molecular weight is 289 g/mol. The monoisotopic (exact) mass is 289 g/mol. The molecule has 1 heterocycles. The van der Waals surface area contributed by atoms with Gasteiger partial charge in [0.1, 0.15) is 0 Å². The van der Waals surface area contributed by atoms with Crippen molar-refractivity contribution < 1.29 is 0 Å². The van der Waals surface area contributed by atoms with E-state index in [2.05, 4.69) is 84.6 Å². The minimum Gasteiger partial charge on any atom is -0.295 e. The SMILES string of the molecule is Cc1ccccc1C=CC1=CCN(Cc2ccccc2)CC1. The van der Waals surface area contributed by atoms with Gasteiger partial charge in [0.2, 0.25) is 0 Å². The van der Waals surface area contributed by atoms with Crippen molar-refractivity contribution >= 4 is 6.08 Å². The van der Waals surface area contributed by atoms with Crippen molar-refractivity contribution in [2.75, 3.05) is 13.1 Å². The second kappa shape index (κ2) is 7.24. The van der Waals surface area contributed by atoms with Crippen LogP contribution in [0.5, 0.6) is 0 Å². The first-order valence-corrected chi connectivity index (χ1v) is 8.00. The van der Waals surface area contributed by atoms with Crippen LogP contribution in [0.25, 0.3) is 6.08 Å². The zero-order valence-electron chi connectivity index (χ0n) is 13.2. The van der Waals surface area contributed by atoms with E-state index in [1.165, 1.54) is 22.3 Å². The Bertz CT molecular complexity index is 667. The summed E-state index contributed by atoms with van der Waals surface area (Å²) in [5.74, 6) is 0. The van der Waals surface area contributed by atoms with E-state index < -0.39 is 0 Å². The Hall–Kier alpha value is -2.12. The lowest BCUT2D eigenvalue weighted by Gasteiger charge is -2.25. The molecule has 1 heteroatoms. The van der Waals surface area contributed by atoms with Crippen LogP contribution in [0.3, 0.4) is 0 Å². The molecule has 0 spiro atoms. The van der Waals surface area contributed by atoms with Crippen LogP contribution in [-0.4, -0.2) is 18.0 Å². The summed E-state index contributed by atoms with van der Waals surface area (Å²) >= 11 is 0. The van der Waals surface area contributed by atoms with Gasteiger partial charge in [-0.05, 0) is 35.6 Å². The molecule has 0 amide bonds. The molecule has 22 heavy (non-hydrogen) atoms. The minimum absolute atomic E-state index is 1.04. The number of rotatable bonds is 4. The molecule has 0 radical (unpaired) electrons. The van der Waals surface area contributed by atoms with Gasteiger partial charge in [-0.1, -0.05) is 72.8 Å². The summed E-state index contributed by atoms with van der Waals surface area (Å²) in [6, 6.07) is 19.3. The summed E-state index contributed by atoms with van der Waals surface area (Å²) in [5, 5.41) is 0. The maximum atomic E-state index is 2.50. The Morgan fingerprint density at radius 1 is 0.955 bits per heavy atom. The van der Waals surface area contributed by atoms with Crippen molar-refractivity contribution in [1.82, 2.24) is 4.90 Å². The lowest BCUT2D eigenvalue weighted by atomic mass is 10.0. The molecular formula is C21H23N. The second-order valence-corrected chi connectivity index (χ2v) is 5.94. The molecule has 0 bridgehead atoms. The van der Waals surface area contributed by atoms with Gasteiger partial charge in [-0.2, -0.15) is 0 Å². The number of allylic oxidation sites excluding steroid dienone is 1. The summed E-state index contributed by atoms with van der Waals surface area (Å²) in [6.07, 6.45) is 8.02. The van der Waals surface area contributed by atoms with Crippen LogP contribution in [0, 0.1) is 6.92 Å². The maximum Gasteiger partial charge on any atom is 0.0237 e.